The van der Waals surface area contributed by atoms with Gasteiger partial charge >= 0.3 is 0 Å². The quantitative estimate of drug-likeness (QED) is 0.329. The Labute approximate surface area is 193 Å². The molecule has 6 nitrogen and oxygen atoms in total. The first-order valence-corrected chi connectivity index (χ1v) is 11.5. The highest BCUT2D eigenvalue weighted by atomic mass is 79.9. The van der Waals surface area contributed by atoms with Crippen LogP contribution in [0.4, 0.5) is 4.79 Å². The Kier molecular flexibility index (Phi) is 7.92. The summed E-state index contributed by atoms with van der Waals surface area (Å²) in [7, 11) is 0. The van der Waals surface area contributed by atoms with Gasteiger partial charge in [0.05, 0.1) is 29.1 Å². The molecule has 162 valence electrons. The zero-order chi connectivity index (χ0) is 22.4. The molecule has 1 aliphatic rings. The SMILES string of the molecule is CCCOc1c(Br)cc(/C=C2\SC(=O)N(CC(=O)c3ccccc3)C2=O)cc1OCC. The van der Waals surface area contributed by atoms with Crippen LogP contribution in [0.1, 0.15) is 36.2 Å². The Balaban J connectivity index is 1.82. The van der Waals surface area contributed by atoms with Crippen LogP contribution >= 0.6 is 27.7 Å². The molecule has 8 heteroatoms. The zero-order valence-corrected chi connectivity index (χ0v) is 19.6. The Hall–Kier alpha value is -2.58. The number of hydrogen-bond donors (Lipinski definition) is 0. The fraction of sp³-hybridized carbons (Fsp3) is 0.261. The van der Waals surface area contributed by atoms with E-state index < -0.39 is 11.1 Å². The van der Waals surface area contributed by atoms with Gasteiger partial charge in [-0.25, -0.2) is 0 Å². The first-order valence-electron chi connectivity index (χ1n) is 9.87. The first kappa shape index (κ1) is 23.1. The third-order valence-electron chi connectivity index (χ3n) is 4.35. The molecule has 1 heterocycles. The van der Waals surface area contributed by atoms with Crippen LogP contribution < -0.4 is 9.47 Å². The molecule has 0 atom stereocenters. The maximum absolute atomic E-state index is 12.8. The highest BCUT2D eigenvalue weighted by Crippen LogP contribution is 2.39. The molecule has 2 amide bonds. The van der Waals surface area contributed by atoms with Gasteiger partial charge in [-0.2, -0.15) is 0 Å². The van der Waals surface area contributed by atoms with E-state index in [9.17, 15) is 14.4 Å². The fourth-order valence-electron chi connectivity index (χ4n) is 2.93. The van der Waals surface area contributed by atoms with Crippen molar-refractivity contribution in [2.45, 2.75) is 20.3 Å². The summed E-state index contributed by atoms with van der Waals surface area (Å²) < 4.78 is 12.2. The lowest BCUT2D eigenvalue weighted by Gasteiger charge is -2.14. The number of ether oxygens (including phenoxy) is 2. The standard InChI is InChI=1S/C23H22BrNO5S/c1-3-10-30-21-17(24)11-15(12-19(21)29-4-2)13-20-22(27)25(23(28)31-20)14-18(26)16-8-6-5-7-9-16/h5-9,11-13H,3-4,10,14H2,1-2H3/b20-13-. The molecule has 0 bridgehead atoms. The van der Waals surface area contributed by atoms with Crippen LogP contribution in [0.3, 0.4) is 0 Å². The third kappa shape index (κ3) is 5.57. The van der Waals surface area contributed by atoms with Crippen molar-refractivity contribution in [1.29, 1.82) is 0 Å². The van der Waals surface area contributed by atoms with Crippen LogP contribution in [0, 0.1) is 0 Å². The topological polar surface area (TPSA) is 72.9 Å². The van der Waals surface area contributed by atoms with Crippen molar-refractivity contribution < 1.29 is 23.9 Å². The van der Waals surface area contributed by atoms with Crippen molar-refractivity contribution in [1.82, 2.24) is 4.90 Å². The largest absolute Gasteiger partial charge is 0.490 e. The van der Waals surface area contributed by atoms with Crippen molar-refractivity contribution in [2.75, 3.05) is 19.8 Å². The second-order valence-electron chi connectivity index (χ2n) is 6.67. The molecule has 1 aliphatic heterocycles. The van der Waals surface area contributed by atoms with Crippen molar-refractivity contribution in [3.8, 4) is 11.5 Å². The van der Waals surface area contributed by atoms with Gasteiger partial charge in [0.15, 0.2) is 17.3 Å². The van der Waals surface area contributed by atoms with E-state index in [1.54, 1.807) is 48.5 Å². The molecule has 0 unspecified atom stereocenters. The van der Waals surface area contributed by atoms with Crippen LogP contribution in [0.25, 0.3) is 6.08 Å². The predicted molar refractivity (Wildman–Crippen MR) is 125 cm³/mol. The Morgan fingerprint density at radius 1 is 1.13 bits per heavy atom. The Morgan fingerprint density at radius 3 is 2.55 bits per heavy atom. The van der Waals surface area contributed by atoms with Gasteiger partial charge in [-0.1, -0.05) is 37.3 Å². The van der Waals surface area contributed by atoms with Gasteiger partial charge in [0, 0.05) is 5.56 Å². The lowest BCUT2D eigenvalue weighted by molar-refractivity contribution is -0.122. The zero-order valence-electron chi connectivity index (χ0n) is 17.2. The summed E-state index contributed by atoms with van der Waals surface area (Å²) in [5, 5.41) is -0.465. The summed E-state index contributed by atoms with van der Waals surface area (Å²) >= 11 is 4.31. The highest BCUT2D eigenvalue weighted by Gasteiger charge is 2.36. The fourth-order valence-corrected chi connectivity index (χ4v) is 4.34. The molecule has 0 aromatic heterocycles. The molecule has 0 aliphatic carbocycles. The Morgan fingerprint density at radius 2 is 1.87 bits per heavy atom. The number of carbonyl (C=O) groups excluding carboxylic acids is 3. The van der Waals surface area contributed by atoms with E-state index in [1.807, 2.05) is 13.8 Å². The molecule has 0 N–H and O–H groups in total. The van der Waals surface area contributed by atoms with Crippen molar-refractivity contribution >= 4 is 50.7 Å². The number of ketones is 1. The van der Waals surface area contributed by atoms with Crippen molar-refractivity contribution in [3.05, 3.63) is 63.0 Å². The van der Waals surface area contributed by atoms with E-state index in [-0.39, 0.29) is 17.2 Å². The third-order valence-corrected chi connectivity index (χ3v) is 5.85. The molecule has 1 fully saturated rings. The lowest BCUT2D eigenvalue weighted by atomic mass is 10.1. The molecular weight excluding hydrogens is 482 g/mol. The van der Waals surface area contributed by atoms with Crippen LogP contribution in [-0.4, -0.2) is 41.6 Å². The smallest absolute Gasteiger partial charge is 0.293 e. The maximum atomic E-state index is 12.8. The van der Waals surface area contributed by atoms with E-state index in [0.29, 0.717) is 40.3 Å². The minimum Gasteiger partial charge on any atom is -0.490 e. The number of Topliss-reactive ketones (excluding diaryl/α,β-unsaturated/α-hetero) is 1. The number of carbonyl (C=O) groups is 3. The normalized spacial score (nSPS) is 14.9. The number of amides is 2. The molecule has 1 saturated heterocycles. The number of rotatable bonds is 9. The van der Waals surface area contributed by atoms with Gasteiger partial charge in [-0.15, -0.1) is 0 Å². The van der Waals surface area contributed by atoms with Crippen LogP contribution in [0.5, 0.6) is 11.5 Å². The number of nitrogens with zero attached hydrogens (tertiary/aromatic N) is 1. The number of halogens is 1. The van der Waals surface area contributed by atoms with Gasteiger partial charge in [0.1, 0.15) is 0 Å². The predicted octanol–water partition coefficient (Wildman–Crippen LogP) is 5.56. The van der Waals surface area contributed by atoms with Crippen LogP contribution in [-0.2, 0) is 4.79 Å². The number of imide groups is 1. The second-order valence-corrected chi connectivity index (χ2v) is 8.52. The Bertz CT molecular complexity index is 1020. The monoisotopic (exact) mass is 503 g/mol. The number of hydrogen-bond acceptors (Lipinski definition) is 6. The molecular formula is C23H22BrNO5S. The van der Waals surface area contributed by atoms with Gasteiger partial charge in [0.2, 0.25) is 0 Å². The van der Waals surface area contributed by atoms with E-state index >= 15 is 0 Å². The average Bonchev–Trinajstić information content (AvgIpc) is 3.01. The van der Waals surface area contributed by atoms with Crippen LogP contribution in [0.2, 0.25) is 0 Å². The van der Waals surface area contributed by atoms with E-state index in [0.717, 1.165) is 23.1 Å². The van der Waals surface area contributed by atoms with Crippen LogP contribution in [0.15, 0.2) is 51.8 Å². The minimum absolute atomic E-state index is 0.252. The lowest BCUT2D eigenvalue weighted by Crippen LogP contribution is -2.33. The molecule has 3 rings (SSSR count). The summed E-state index contributed by atoms with van der Waals surface area (Å²) in [4.78, 5) is 38.8. The molecule has 0 saturated carbocycles. The van der Waals surface area contributed by atoms with E-state index in [4.69, 9.17) is 9.47 Å². The summed E-state index contributed by atoms with van der Waals surface area (Å²) in [6.45, 7) is 4.60. The van der Waals surface area contributed by atoms with Gasteiger partial charge in [-0.3, -0.25) is 19.3 Å². The van der Waals surface area contributed by atoms with E-state index in [2.05, 4.69) is 15.9 Å². The molecule has 2 aromatic carbocycles. The van der Waals surface area contributed by atoms with Crippen molar-refractivity contribution in [2.24, 2.45) is 0 Å². The van der Waals surface area contributed by atoms with Gasteiger partial charge < -0.3 is 9.47 Å². The van der Waals surface area contributed by atoms with Gasteiger partial charge in [-0.05, 0) is 64.8 Å². The molecule has 2 aromatic rings. The highest BCUT2D eigenvalue weighted by molar-refractivity contribution is 9.10. The molecule has 0 spiro atoms. The summed E-state index contributed by atoms with van der Waals surface area (Å²) in [6.07, 6.45) is 2.48. The molecule has 0 radical (unpaired) electrons. The molecule has 31 heavy (non-hydrogen) atoms. The minimum atomic E-state index is -0.486. The summed E-state index contributed by atoms with van der Waals surface area (Å²) in [5.41, 5.74) is 1.14. The summed E-state index contributed by atoms with van der Waals surface area (Å²) in [6, 6.07) is 12.2. The van der Waals surface area contributed by atoms with E-state index in [1.165, 1.54) is 0 Å². The second kappa shape index (κ2) is 10.6. The number of benzene rings is 2. The number of thioether (sulfide) groups is 1. The van der Waals surface area contributed by atoms with Gasteiger partial charge in [0.25, 0.3) is 11.1 Å². The first-order chi connectivity index (χ1) is 14.9. The van der Waals surface area contributed by atoms with Crippen molar-refractivity contribution in [3.63, 3.8) is 0 Å². The summed E-state index contributed by atoms with van der Waals surface area (Å²) in [5.74, 6) is 0.375. The average molecular weight is 504 g/mol. The maximum Gasteiger partial charge on any atom is 0.293 e.